The van der Waals surface area contributed by atoms with Crippen LogP contribution >= 0.6 is 0 Å². The van der Waals surface area contributed by atoms with Crippen LogP contribution in [0.2, 0.25) is 0 Å². The zero-order chi connectivity index (χ0) is 12.4. The van der Waals surface area contributed by atoms with Crippen LogP contribution in [-0.2, 0) is 11.3 Å². The average Bonchev–Trinajstić information content (AvgIpc) is 2.42. The normalized spacial score (nSPS) is 10.4. The zero-order valence-electron chi connectivity index (χ0n) is 9.76. The lowest BCUT2D eigenvalue weighted by Crippen LogP contribution is -1.82. The molecule has 18 heavy (non-hydrogen) atoms. The number of nitrogens with zero attached hydrogens (tertiary/aromatic N) is 1. The fourth-order valence-corrected chi connectivity index (χ4v) is 2.21. The Kier molecular flexibility index (Phi) is 2.64. The van der Waals surface area contributed by atoms with Crippen molar-refractivity contribution in [2.75, 3.05) is 0 Å². The van der Waals surface area contributed by atoms with E-state index in [1.807, 2.05) is 18.2 Å². The summed E-state index contributed by atoms with van der Waals surface area (Å²) < 4.78 is 0. The number of rotatable bonds is 2. The van der Waals surface area contributed by atoms with E-state index in [-0.39, 0.29) is 0 Å². The highest BCUT2D eigenvalue weighted by Crippen LogP contribution is 2.23. The third-order valence-electron chi connectivity index (χ3n) is 3.10. The van der Waals surface area contributed by atoms with Crippen molar-refractivity contribution >= 4 is 27.6 Å². The van der Waals surface area contributed by atoms with Gasteiger partial charge in [0.05, 0.1) is 6.54 Å². The molecule has 0 aliphatic rings. The summed E-state index contributed by atoms with van der Waals surface area (Å²) in [7, 11) is 0. The first-order chi connectivity index (χ1) is 8.86. The Labute approximate surface area is 105 Å². The summed E-state index contributed by atoms with van der Waals surface area (Å²) in [5.41, 5.74) is 1.03. The molecule has 0 saturated heterocycles. The molecule has 0 aromatic heterocycles. The van der Waals surface area contributed by atoms with Crippen molar-refractivity contribution in [1.29, 1.82) is 0 Å². The monoisotopic (exact) mass is 233 g/mol. The highest BCUT2D eigenvalue weighted by Gasteiger charge is 1.99. The van der Waals surface area contributed by atoms with Crippen LogP contribution in [0.5, 0.6) is 0 Å². The van der Waals surface area contributed by atoms with Crippen LogP contribution in [0.4, 0.5) is 0 Å². The lowest BCUT2D eigenvalue weighted by Gasteiger charge is -2.04. The van der Waals surface area contributed by atoms with Crippen LogP contribution in [0.1, 0.15) is 5.56 Å². The lowest BCUT2D eigenvalue weighted by molar-refractivity contribution is 0.563. The number of aliphatic imine (C=N–C) groups is 1. The van der Waals surface area contributed by atoms with Gasteiger partial charge in [0.15, 0.2) is 0 Å². The predicted octanol–water partition coefficient (Wildman–Crippen LogP) is 3.83. The summed E-state index contributed by atoms with van der Waals surface area (Å²) in [5.74, 6) is 0. The topological polar surface area (TPSA) is 29.4 Å². The second-order valence-corrected chi connectivity index (χ2v) is 4.29. The molecule has 0 atom stereocenters. The van der Waals surface area contributed by atoms with Gasteiger partial charge < -0.3 is 0 Å². The third-order valence-corrected chi connectivity index (χ3v) is 3.10. The summed E-state index contributed by atoms with van der Waals surface area (Å²) >= 11 is 0. The molecule has 0 amide bonds. The largest absolute Gasteiger partial charge is 0.235 e. The molecule has 0 radical (unpaired) electrons. The van der Waals surface area contributed by atoms with Crippen LogP contribution in [0.3, 0.4) is 0 Å². The maximum Gasteiger partial charge on any atom is 0.235 e. The highest BCUT2D eigenvalue weighted by atomic mass is 16.1. The molecule has 3 rings (SSSR count). The van der Waals surface area contributed by atoms with Gasteiger partial charge in [0.1, 0.15) is 0 Å². The van der Waals surface area contributed by atoms with E-state index in [4.69, 9.17) is 0 Å². The first-order valence-corrected chi connectivity index (χ1v) is 5.82. The molecular formula is C16H11NO. The molecule has 0 bridgehead atoms. The first kappa shape index (κ1) is 10.7. The number of carbonyl (C=O) groups excluding carboxylic acids is 1. The molecule has 0 heterocycles. The Morgan fingerprint density at radius 1 is 0.833 bits per heavy atom. The smallest absolute Gasteiger partial charge is 0.211 e. The molecule has 0 saturated carbocycles. The van der Waals surface area contributed by atoms with Gasteiger partial charge in [-0.05, 0) is 45.3 Å². The number of hydrogen-bond acceptors (Lipinski definition) is 2. The van der Waals surface area contributed by atoms with Crippen LogP contribution in [0.15, 0.2) is 59.6 Å². The van der Waals surface area contributed by atoms with Gasteiger partial charge in [-0.1, -0.05) is 36.4 Å². The highest BCUT2D eigenvalue weighted by molar-refractivity contribution is 5.98. The van der Waals surface area contributed by atoms with E-state index in [9.17, 15) is 4.79 Å². The van der Waals surface area contributed by atoms with Gasteiger partial charge in [-0.3, -0.25) is 0 Å². The van der Waals surface area contributed by atoms with Gasteiger partial charge in [0.2, 0.25) is 6.08 Å². The van der Waals surface area contributed by atoms with Crippen molar-refractivity contribution in [1.82, 2.24) is 0 Å². The van der Waals surface area contributed by atoms with Crippen LogP contribution in [0, 0.1) is 0 Å². The Morgan fingerprint density at radius 2 is 1.50 bits per heavy atom. The minimum atomic E-state index is 0.395. The van der Waals surface area contributed by atoms with Crippen molar-refractivity contribution < 1.29 is 4.79 Å². The first-order valence-electron chi connectivity index (χ1n) is 5.82. The molecule has 0 aliphatic heterocycles. The van der Waals surface area contributed by atoms with E-state index < -0.39 is 0 Å². The fourth-order valence-electron chi connectivity index (χ4n) is 2.21. The molecule has 0 unspecified atom stereocenters. The average molecular weight is 233 g/mol. The van der Waals surface area contributed by atoms with E-state index in [2.05, 4.69) is 41.4 Å². The van der Waals surface area contributed by atoms with E-state index in [0.717, 1.165) is 5.56 Å². The lowest BCUT2D eigenvalue weighted by atomic mass is 10.0. The zero-order valence-corrected chi connectivity index (χ0v) is 9.76. The Morgan fingerprint density at radius 3 is 2.22 bits per heavy atom. The molecule has 0 aliphatic carbocycles. The quantitative estimate of drug-likeness (QED) is 0.376. The van der Waals surface area contributed by atoms with Crippen molar-refractivity contribution in [3.63, 3.8) is 0 Å². The summed E-state index contributed by atoms with van der Waals surface area (Å²) in [5, 5.41) is 4.84. The van der Waals surface area contributed by atoms with E-state index in [0.29, 0.717) is 6.54 Å². The number of benzene rings is 3. The van der Waals surface area contributed by atoms with Crippen LogP contribution in [-0.4, -0.2) is 6.08 Å². The summed E-state index contributed by atoms with van der Waals surface area (Å²) in [4.78, 5) is 13.7. The molecule has 0 spiro atoms. The maximum atomic E-state index is 10.1. The van der Waals surface area contributed by atoms with Gasteiger partial charge in [0, 0.05) is 0 Å². The van der Waals surface area contributed by atoms with E-state index in [1.54, 1.807) is 6.08 Å². The Balaban J connectivity index is 2.20. The number of isocyanates is 1. The molecule has 2 nitrogen and oxygen atoms in total. The van der Waals surface area contributed by atoms with Gasteiger partial charge in [-0.15, -0.1) is 0 Å². The molecular weight excluding hydrogens is 222 g/mol. The number of hydrogen-bond donors (Lipinski definition) is 0. The third kappa shape index (κ3) is 1.90. The van der Waals surface area contributed by atoms with E-state index >= 15 is 0 Å². The standard InChI is InChI=1S/C16H11NO/c18-11-17-10-12-5-6-15-8-13-3-1-2-4-14(13)9-16(15)7-12/h1-9H,10H2. The summed E-state index contributed by atoms with van der Waals surface area (Å²) in [6, 6.07) is 18.8. The van der Waals surface area contributed by atoms with Crippen molar-refractivity contribution in [3.05, 3.63) is 60.2 Å². The maximum absolute atomic E-state index is 10.1. The molecule has 0 N–H and O–H groups in total. The SMILES string of the molecule is O=C=NCc1ccc2cc3ccccc3cc2c1. The van der Waals surface area contributed by atoms with Gasteiger partial charge in [0.25, 0.3) is 0 Å². The summed E-state index contributed by atoms with van der Waals surface area (Å²) in [6.45, 7) is 0.395. The predicted molar refractivity (Wildman–Crippen MR) is 73.3 cm³/mol. The van der Waals surface area contributed by atoms with Crippen molar-refractivity contribution in [2.24, 2.45) is 4.99 Å². The van der Waals surface area contributed by atoms with Crippen LogP contribution < -0.4 is 0 Å². The Bertz CT molecular complexity index is 770. The second kappa shape index (κ2) is 4.44. The molecule has 3 aromatic rings. The van der Waals surface area contributed by atoms with Crippen LogP contribution in [0.25, 0.3) is 21.5 Å². The minimum absolute atomic E-state index is 0.395. The van der Waals surface area contributed by atoms with Gasteiger partial charge >= 0.3 is 0 Å². The van der Waals surface area contributed by atoms with Crippen molar-refractivity contribution in [3.8, 4) is 0 Å². The van der Waals surface area contributed by atoms with Gasteiger partial charge in [-0.2, -0.15) is 0 Å². The molecule has 86 valence electrons. The van der Waals surface area contributed by atoms with Crippen molar-refractivity contribution in [2.45, 2.75) is 6.54 Å². The van der Waals surface area contributed by atoms with E-state index in [1.165, 1.54) is 21.5 Å². The fraction of sp³-hybridized carbons (Fsp3) is 0.0625. The van der Waals surface area contributed by atoms with Gasteiger partial charge in [-0.25, -0.2) is 9.79 Å². The molecule has 0 fully saturated rings. The summed E-state index contributed by atoms with van der Waals surface area (Å²) in [6.07, 6.45) is 1.57. The minimum Gasteiger partial charge on any atom is -0.211 e. The number of fused-ring (bicyclic) bond motifs is 2. The molecule has 3 aromatic carbocycles. The Hall–Kier alpha value is -2.44. The molecule has 2 heteroatoms. The second-order valence-electron chi connectivity index (χ2n) is 4.29.